The number of nitriles is 1. The van der Waals surface area contributed by atoms with Crippen LogP contribution in [-0.2, 0) is 17.8 Å². The van der Waals surface area contributed by atoms with Crippen LogP contribution in [0.3, 0.4) is 0 Å². The van der Waals surface area contributed by atoms with E-state index in [2.05, 4.69) is 24.8 Å². The van der Waals surface area contributed by atoms with E-state index >= 15 is 0 Å². The molecule has 2 atom stereocenters. The Balaban J connectivity index is 1.58. The Bertz CT molecular complexity index is 942. The molecule has 0 aromatic heterocycles. The SMILES string of the molecule is COc1cc(CC#N)ccc1OCC(=O)N1CC(C)N(Cc2ccc(Cl)cc2)CC1C. The molecule has 164 valence electrons. The Morgan fingerprint density at radius 1 is 1.10 bits per heavy atom. The average molecular weight is 442 g/mol. The lowest BCUT2D eigenvalue weighted by atomic mass is 10.1. The Morgan fingerprint density at radius 3 is 2.48 bits per heavy atom. The Morgan fingerprint density at radius 2 is 1.81 bits per heavy atom. The van der Waals surface area contributed by atoms with E-state index < -0.39 is 0 Å². The highest BCUT2D eigenvalue weighted by atomic mass is 35.5. The molecule has 0 N–H and O–H groups in total. The number of rotatable bonds is 7. The highest BCUT2D eigenvalue weighted by molar-refractivity contribution is 6.30. The first kappa shape index (κ1) is 22.9. The number of hydrogen-bond acceptors (Lipinski definition) is 5. The third-order valence-corrected chi connectivity index (χ3v) is 5.85. The van der Waals surface area contributed by atoms with E-state index in [4.69, 9.17) is 26.3 Å². The van der Waals surface area contributed by atoms with Crippen LogP contribution in [0.1, 0.15) is 25.0 Å². The van der Waals surface area contributed by atoms with E-state index in [1.807, 2.05) is 35.2 Å². The highest BCUT2D eigenvalue weighted by Gasteiger charge is 2.32. The minimum atomic E-state index is -0.0534. The molecule has 1 saturated heterocycles. The first-order valence-electron chi connectivity index (χ1n) is 10.4. The summed E-state index contributed by atoms with van der Waals surface area (Å²) in [6.07, 6.45) is 0.297. The maximum atomic E-state index is 12.9. The van der Waals surface area contributed by atoms with Gasteiger partial charge >= 0.3 is 0 Å². The molecule has 0 radical (unpaired) electrons. The predicted octanol–water partition coefficient (Wildman–Crippen LogP) is 3.91. The summed E-state index contributed by atoms with van der Waals surface area (Å²) >= 11 is 5.98. The van der Waals surface area contributed by atoms with Crippen molar-refractivity contribution in [2.24, 2.45) is 0 Å². The van der Waals surface area contributed by atoms with E-state index in [1.165, 1.54) is 5.56 Å². The quantitative estimate of drug-likeness (QED) is 0.651. The van der Waals surface area contributed by atoms with Crippen molar-refractivity contribution in [3.63, 3.8) is 0 Å². The first-order chi connectivity index (χ1) is 14.9. The Kier molecular flexibility index (Phi) is 7.78. The van der Waals surface area contributed by atoms with E-state index in [0.29, 0.717) is 24.5 Å². The van der Waals surface area contributed by atoms with E-state index in [-0.39, 0.29) is 24.6 Å². The smallest absolute Gasteiger partial charge is 0.260 e. The minimum Gasteiger partial charge on any atom is -0.493 e. The fraction of sp³-hybridized carbons (Fsp3) is 0.417. The highest BCUT2D eigenvalue weighted by Crippen LogP contribution is 2.28. The van der Waals surface area contributed by atoms with E-state index in [0.717, 1.165) is 23.7 Å². The van der Waals surface area contributed by atoms with Crippen LogP contribution in [0.2, 0.25) is 5.02 Å². The van der Waals surface area contributed by atoms with Crippen LogP contribution in [0.4, 0.5) is 0 Å². The van der Waals surface area contributed by atoms with Crippen molar-refractivity contribution in [2.75, 3.05) is 26.8 Å². The number of hydrogen-bond donors (Lipinski definition) is 0. The van der Waals surface area contributed by atoms with Gasteiger partial charge in [0.15, 0.2) is 18.1 Å². The zero-order valence-electron chi connectivity index (χ0n) is 18.2. The molecule has 0 aliphatic carbocycles. The second-order valence-electron chi connectivity index (χ2n) is 7.91. The van der Waals surface area contributed by atoms with Crippen LogP contribution in [0.15, 0.2) is 42.5 Å². The van der Waals surface area contributed by atoms with Crippen molar-refractivity contribution in [3.8, 4) is 17.6 Å². The zero-order chi connectivity index (χ0) is 22.4. The lowest BCUT2D eigenvalue weighted by Gasteiger charge is -2.44. The second-order valence-corrected chi connectivity index (χ2v) is 8.35. The van der Waals surface area contributed by atoms with Crippen LogP contribution in [0.5, 0.6) is 11.5 Å². The molecule has 2 aromatic carbocycles. The maximum Gasteiger partial charge on any atom is 0.260 e. The summed E-state index contributed by atoms with van der Waals surface area (Å²) in [7, 11) is 1.55. The summed E-state index contributed by atoms with van der Waals surface area (Å²) in [5.41, 5.74) is 2.05. The zero-order valence-corrected chi connectivity index (χ0v) is 18.9. The molecule has 2 unspecified atom stereocenters. The molecular weight excluding hydrogens is 414 g/mol. The normalized spacial score (nSPS) is 19.0. The topological polar surface area (TPSA) is 65.8 Å². The van der Waals surface area contributed by atoms with Gasteiger partial charge < -0.3 is 14.4 Å². The van der Waals surface area contributed by atoms with Gasteiger partial charge in [0, 0.05) is 36.7 Å². The number of carbonyl (C=O) groups is 1. The van der Waals surface area contributed by atoms with Crippen molar-refractivity contribution < 1.29 is 14.3 Å². The molecule has 1 aliphatic heterocycles. The maximum absolute atomic E-state index is 12.9. The Hall–Kier alpha value is -2.75. The van der Waals surface area contributed by atoms with Gasteiger partial charge in [0.25, 0.3) is 5.91 Å². The number of halogens is 1. The standard InChI is InChI=1S/C24H28ClN3O3/c1-17-14-28(18(2)13-27(17)15-20-4-7-21(25)8-5-20)24(29)16-31-22-9-6-19(10-11-26)12-23(22)30-3/h4-9,12,17-18H,10,13-16H2,1-3H3. The molecule has 1 aliphatic rings. The molecule has 1 fully saturated rings. The van der Waals surface area contributed by atoms with E-state index in [9.17, 15) is 4.79 Å². The summed E-state index contributed by atoms with van der Waals surface area (Å²) in [6.45, 7) is 6.42. The molecule has 1 amide bonds. The van der Waals surface area contributed by atoms with Crippen molar-refractivity contribution in [1.82, 2.24) is 9.80 Å². The summed E-state index contributed by atoms with van der Waals surface area (Å²) < 4.78 is 11.1. The third-order valence-electron chi connectivity index (χ3n) is 5.60. The van der Waals surface area contributed by atoms with Gasteiger partial charge in [-0.15, -0.1) is 0 Å². The summed E-state index contributed by atoms with van der Waals surface area (Å²) in [6, 6.07) is 15.6. The Labute approximate surface area is 188 Å². The van der Waals surface area contributed by atoms with Crippen LogP contribution in [0.25, 0.3) is 0 Å². The van der Waals surface area contributed by atoms with Crippen LogP contribution in [0, 0.1) is 11.3 Å². The van der Waals surface area contributed by atoms with Gasteiger partial charge in [0.1, 0.15) is 0 Å². The van der Waals surface area contributed by atoms with Gasteiger partial charge in [-0.3, -0.25) is 9.69 Å². The molecule has 1 heterocycles. The number of methoxy groups -OCH3 is 1. The van der Waals surface area contributed by atoms with Crippen molar-refractivity contribution in [1.29, 1.82) is 5.26 Å². The summed E-state index contributed by atoms with van der Waals surface area (Å²) in [5, 5.41) is 9.58. The number of piperazine rings is 1. The summed E-state index contributed by atoms with van der Waals surface area (Å²) in [5.74, 6) is 0.975. The molecule has 0 saturated carbocycles. The van der Waals surface area contributed by atoms with Gasteiger partial charge in [-0.2, -0.15) is 5.26 Å². The van der Waals surface area contributed by atoms with Gasteiger partial charge in [-0.05, 0) is 49.2 Å². The lowest BCUT2D eigenvalue weighted by molar-refractivity contribution is -0.139. The van der Waals surface area contributed by atoms with Crippen LogP contribution in [-0.4, -0.2) is 54.6 Å². The van der Waals surface area contributed by atoms with E-state index in [1.54, 1.807) is 19.2 Å². The van der Waals surface area contributed by atoms with Gasteiger partial charge in [-0.1, -0.05) is 29.8 Å². The number of ether oxygens (including phenoxy) is 2. The van der Waals surface area contributed by atoms with Gasteiger partial charge in [-0.25, -0.2) is 0 Å². The summed E-state index contributed by atoms with van der Waals surface area (Å²) in [4.78, 5) is 17.2. The molecule has 0 bridgehead atoms. The van der Waals surface area contributed by atoms with Gasteiger partial charge in [0.2, 0.25) is 0 Å². The number of nitrogens with zero attached hydrogens (tertiary/aromatic N) is 3. The number of benzene rings is 2. The van der Waals surface area contributed by atoms with Gasteiger partial charge in [0.05, 0.1) is 19.6 Å². The monoisotopic (exact) mass is 441 g/mol. The average Bonchev–Trinajstić information content (AvgIpc) is 2.76. The fourth-order valence-corrected chi connectivity index (χ4v) is 3.97. The molecule has 2 aromatic rings. The molecule has 0 spiro atoms. The molecule has 31 heavy (non-hydrogen) atoms. The largest absolute Gasteiger partial charge is 0.493 e. The van der Waals surface area contributed by atoms with Crippen molar-refractivity contribution in [2.45, 2.75) is 38.9 Å². The van der Waals surface area contributed by atoms with Crippen molar-refractivity contribution >= 4 is 17.5 Å². The van der Waals surface area contributed by atoms with Crippen LogP contribution < -0.4 is 9.47 Å². The lowest BCUT2D eigenvalue weighted by Crippen LogP contribution is -2.58. The molecule has 3 rings (SSSR count). The van der Waals surface area contributed by atoms with Crippen molar-refractivity contribution in [3.05, 3.63) is 58.6 Å². The molecular formula is C24H28ClN3O3. The number of amides is 1. The van der Waals surface area contributed by atoms with Crippen LogP contribution >= 0.6 is 11.6 Å². The second kappa shape index (κ2) is 10.5. The molecule has 6 nitrogen and oxygen atoms in total. The predicted molar refractivity (Wildman–Crippen MR) is 120 cm³/mol. The number of carbonyl (C=O) groups excluding carboxylic acids is 1. The minimum absolute atomic E-state index is 0.0475. The molecule has 7 heteroatoms. The fourth-order valence-electron chi connectivity index (χ4n) is 3.85. The third kappa shape index (κ3) is 5.90. The first-order valence-corrected chi connectivity index (χ1v) is 10.7.